The quantitative estimate of drug-likeness (QED) is 0.455. The first-order valence-electron chi connectivity index (χ1n) is 10.7. The summed E-state index contributed by atoms with van der Waals surface area (Å²) in [5.74, 6) is 0.0147. The van der Waals surface area contributed by atoms with Crippen molar-refractivity contribution < 1.29 is 13.9 Å². The molecule has 34 heavy (non-hydrogen) atoms. The van der Waals surface area contributed by atoms with Gasteiger partial charge in [-0.1, -0.05) is 0 Å². The van der Waals surface area contributed by atoms with Gasteiger partial charge < -0.3 is 15.4 Å². The Morgan fingerprint density at radius 3 is 2.91 bits per heavy atom. The Balaban J connectivity index is 1.55. The number of halogens is 1. The van der Waals surface area contributed by atoms with Crippen molar-refractivity contribution in [1.82, 2.24) is 24.3 Å². The van der Waals surface area contributed by atoms with Crippen LogP contribution in [-0.2, 0) is 4.79 Å². The van der Waals surface area contributed by atoms with E-state index < -0.39 is 5.82 Å². The maximum absolute atomic E-state index is 15.1. The Labute approximate surface area is 194 Å². The molecule has 1 unspecified atom stereocenters. The summed E-state index contributed by atoms with van der Waals surface area (Å²) in [6.07, 6.45) is 5.68. The molecule has 0 saturated carbocycles. The molecule has 0 radical (unpaired) electrons. The highest BCUT2D eigenvalue weighted by atomic mass is 19.1. The van der Waals surface area contributed by atoms with Crippen molar-refractivity contribution in [2.75, 3.05) is 18.8 Å². The van der Waals surface area contributed by atoms with Crippen molar-refractivity contribution in [3.8, 4) is 29.1 Å². The van der Waals surface area contributed by atoms with Gasteiger partial charge in [-0.2, -0.15) is 5.26 Å². The summed E-state index contributed by atoms with van der Waals surface area (Å²) in [5, 5.41) is 9.21. The Morgan fingerprint density at radius 2 is 2.12 bits per heavy atom. The Morgan fingerprint density at radius 1 is 1.24 bits per heavy atom. The van der Waals surface area contributed by atoms with E-state index in [1.165, 1.54) is 18.3 Å². The summed E-state index contributed by atoms with van der Waals surface area (Å²) < 4.78 is 22.3. The average Bonchev–Trinajstić information content (AvgIpc) is 3.27. The fraction of sp³-hybridized carbons (Fsp3) is 0.208. The van der Waals surface area contributed by atoms with Gasteiger partial charge in [-0.25, -0.2) is 19.3 Å². The van der Waals surface area contributed by atoms with Crippen LogP contribution in [0.2, 0.25) is 0 Å². The Kier molecular flexibility index (Phi) is 5.51. The molecule has 0 spiro atoms. The molecule has 1 amide bonds. The minimum absolute atomic E-state index is 0.0238. The van der Waals surface area contributed by atoms with E-state index in [1.807, 2.05) is 12.1 Å². The van der Waals surface area contributed by atoms with Gasteiger partial charge in [0.25, 0.3) is 0 Å². The molecular formula is C24H20FN7O2. The lowest BCUT2D eigenvalue weighted by Gasteiger charge is -2.29. The summed E-state index contributed by atoms with van der Waals surface area (Å²) in [6.45, 7) is 1.28. The van der Waals surface area contributed by atoms with Crippen molar-refractivity contribution >= 4 is 17.9 Å². The minimum atomic E-state index is -0.641. The molecule has 1 aromatic carbocycles. The van der Waals surface area contributed by atoms with Crippen molar-refractivity contribution in [1.29, 1.82) is 5.26 Å². The summed E-state index contributed by atoms with van der Waals surface area (Å²) in [7, 11) is 0. The second-order valence-corrected chi connectivity index (χ2v) is 8.00. The normalized spacial score (nSPS) is 15.8. The number of carbonyl (C=O) groups excluding carboxylic acids is 1. The van der Waals surface area contributed by atoms with E-state index in [1.54, 1.807) is 33.7 Å². The molecule has 170 valence electrons. The lowest BCUT2D eigenvalue weighted by atomic mass is 9.94. The zero-order valence-corrected chi connectivity index (χ0v) is 18.1. The molecule has 4 aromatic rings. The first kappa shape index (κ1) is 21.3. The average molecular weight is 457 g/mol. The number of piperidine rings is 1. The van der Waals surface area contributed by atoms with E-state index in [0.29, 0.717) is 17.9 Å². The predicted molar refractivity (Wildman–Crippen MR) is 121 cm³/mol. The third-order valence-electron chi connectivity index (χ3n) is 5.89. The van der Waals surface area contributed by atoms with Gasteiger partial charge in [-0.05, 0) is 49.2 Å². The van der Waals surface area contributed by atoms with E-state index in [9.17, 15) is 10.1 Å². The molecule has 9 nitrogen and oxygen atoms in total. The van der Waals surface area contributed by atoms with Crippen LogP contribution >= 0.6 is 0 Å². The number of hydrogen-bond acceptors (Lipinski definition) is 7. The lowest BCUT2D eigenvalue weighted by Crippen LogP contribution is -2.33. The van der Waals surface area contributed by atoms with Crippen LogP contribution in [0.4, 0.5) is 10.3 Å². The molecular weight excluding hydrogens is 437 g/mol. The number of ether oxygens (including phenoxy) is 1. The molecule has 0 bridgehead atoms. The number of nitrogen functional groups attached to an aromatic ring is 1. The molecule has 1 fully saturated rings. The highest BCUT2D eigenvalue weighted by molar-refractivity contribution is 5.69. The molecule has 10 heteroatoms. The fourth-order valence-electron chi connectivity index (χ4n) is 4.29. The van der Waals surface area contributed by atoms with Gasteiger partial charge in [-0.3, -0.25) is 9.20 Å². The molecule has 4 heterocycles. The van der Waals surface area contributed by atoms with Gasteiger partial charge >= 0.3 is 0 Å². The molecule has 0 aliphatic carbocycles. The molecule has 1 saturated heterocycles. The van der Waals surface area contributed by atoms with E-state index in [0.717, 1.165) is 37.0 Å². The van der Waals surface area contributed by atoms with Gasteiger partial charge in [-0.15, -0.1) is 0 Å². The van der Waals surface area contributed by atoms with Crippen LogP contribution in [0.15, 0.2) is 48.8 Å². The first-order chi connectivity index (χ1) is 16.6. The fourth-order valence-corrected chi connectivity index (χ4v) is 4.29. The van der Waals surface area contributed by atoms with Crippen LogP contribution in [-0.4, -0.2) is 43.8 Å². The van der Waals surface area contributed by atoms with Gasteiger partial charge in [0.15, 0.2) is 11.6 Å². The number of carbonyl (C=O) groups is 1. The van der Waals surface area contributed by atoms with Crippen LogP contribution in [0.5, 0.6) is 11.6 Å². The number of benzene rings is 1. The van der Waals surface area contributed by atoms with Crippen LogP contribution in [0.1, 0.15) is 30.0 Å². The molecule has 2 N–H and O–H groups in total. The third-order valence-corrected chi connectivity index (χ3v) is 5.89. The van der Waals surface area contributed by atoms with Crippen LogP contribution in [0, 0.1) is 17.1 Å². The van der Waals surface area contributed by atoms with E-state index in [2.05, 4.69) is 9.97 Å². The van der Waals surface area contributed by atoms with Crippen LogP contribution in [0.3, 0.4) is 0 Å². The van der Waals surface area contributed by atoms with Gasteiger partial charge in [0.1, 0.15) is 17.5 Å². The summed E-state index contributed by atoms with van der Waals surface area (Å²) in [4.78, 5) is 26.1. The molecule has 3 aromatic heterocycles. The van der Waals surface area contributed by atoms with Gasteiger partial charge in [0.2, 0.25) is 18.2 Å². The number of aromatic nitrogens is 4. The van der Waals surface area contributed by atoms with Crippen molar-refractivity contribution in [3.63, 3.8) is 0 Å². The number of nitrogens with zero attached hydrogens (tertiary/aromatic N) is 6. The van der Waals surface area contributed by atoms with E-state index >= 15 is 4.39 Å². The van der Waals surface area contributed by atoms with Crippen LogP contribution < -0.4 is 10.5 Å². The highest BCUT2D eigenvalue weighted by Gasteiger charge is 2.27. The maximum Gasteiger partial charge on any atom is 0.237 e. The zero-order valence-electron chi connectivity index (χ0n) is 18.1. The van der Waals surface area contributed by atoms with Crippen molar-refractivity contribution in [2.45, 2.75) is 18.8 Å². The number of nitriles is 1. The predicted octanol–water partition coefficient (Wildman–Crippen LogP) is 3.51. The number of rotatable bonds is 5. The zero-order chi connectivity index (χ0) is 23.7. The SMILES string of the molecule is N#Cc1cccnc1Oc1ccc(-c2nc(C3CCCN(C=O)C3)c3ccnc(N)n23)cc1F. The first-order valence-corrected chi connectivity index (χ1v) is 10.7. The number of pyridine rings is 1. The number of likely N-dealkylation sites (tertiary alicyclic amines) is 1. The van der Waals surface area contributed by atoms with Crippen molar-refractivity contribution in [2.24, 2.45) is 0 Å². The lowest BCUT2D eigenvalue weighted by molar-refractivity contribution is -0.119. The Hall–Kier alpha value is -4.52. The molecule has 1 aliphatic rings. The number of hydrogen-bond donors (Lipinski definition) is 1. The second-order valence-electron chi connectivity index (χ2n) is 8.00. The number of fused-ring (bicyclic) bond motifs is 1. The number of imidazole rings is 1. The number of anilines is 1. The molecule has 5 rings (SSSR count). The van der Waals surface area contributed by atoms with E-state index in [4.69, 9.17) is 15.5 Å². The number of amides is 1. The Bertz CT molecular complexity index is 1430. The highest BCUT2D eigenvalue weighted by Crippen LogP contribution is 2.35. The monoisotopic (exact) mass is 457 g/mol. The smallest absolute Gasteiger partial charge is 0.237 e. The van der Waals surface area contributed by atoms with Gasteiger partial charge in [0.05, 0.1) is 11.2 Å². The standard InChI is InChI=1S/C24H20FN7O2/c25-18-11-15(5-6-20(18)34-23-16(12-26)3-1-8-28-23)22-30-21(17-4-2-10-31(13-17)14-33)19-7-9-29-24(27)32(19)22/h1,3,5-9,11,14,17H,2,4,10,13H2,(H2,27,29). The number of nitrogens with two attached hydrogens (primary N) is 1. The third kappa shape index (κ3) is 3.77. The summed E-state index contributed by atoms with van der Waals surface area (Å²) >= 11 is 0. The maximum atomic E-state index is 15.1. The molecule has 1 aliphatic heterocycles. The topological polar surface area (TPSA) is 122 Å². The molecule has 1 atom stereocenters. The second kappa shape index (κ2) is 8.78. The largest absolute Gasteiger partial charge is 0.435 e. The van der Waals surface area contributed by atoms with E-state index in [-0.39, 0.29) is 29.1 Å². The summed E-state index contributed by atoms with van der Waals surface area (Å²) in [6, 6.07) is 11.4. The van der Waals surface area contributed by atoms with Gasteiger partial charge in [0, 0.05) is 37.0 Å². The summed E-state index contributed by atoms with van der Waals surface area (Å²) in [5.41, 5.74) is 8.43. The van der Waals surface area contributed by atoms with Crippen molar-refractivity contribution in [3.05, 3.63) is 65.9 Å². The minimum Gasteiger partial charge on any atom is -0.435 e. The van der Waals surface area contributed by atoms with Crippen LogP contribution in [0.25, 0.3) is 16.9 Å².